The molecule has 4 nitrogen and oxygen atoms in total. The van der Waals surface area contributed by atoms with E-state index in [1.54, 1.807) is 35.4 Å². The first-order valence-electron chi connectivity index (χ1n) is 7.87. The fraction of sp³-hybridized carbons (Fsp3) is 0.333. The Balaban J connectivity index is 1.73. The van der Waals surface area contributed by atoms with Crippen molar-refractivity contribution in [3.63, 3.8) is 0 Å². The zero-order chi connectivity index (χ0) is 17.1. The van der Waals surface area contributed by atoms with Crippen LogP contribution in [0.15, 0.2) is 41.8 Å². The van der Waals surface area contributed by atoms with Crippen molar-refractivity contribution in [2.45, 2.75) is 25.4 Å². The van der Waals surface area contributed by atoms with Gasteiger partial charge in [-0.3, -0.25) is 9.59 Å². The lowest BCUT2D eigenvalue weighted by Crippen LogP contribution is -2.45. The molecule has 0 aliphatic carbocycles. The summed E-state index contributed by atoms with van der Waals surface area (Å²) in [7, 11) is 1.75. The highest BCUT2D eigenvalue weighted by atomic mass is 32.1. The molecule has 1 fully saturated rings. The highest BCUT2D eigenvalue weighted by Gasteiger charge is 2.39. The van der Waals surface area contributed by atoms with Gasteiger partial charge in [0.1, 0.15) is 5.82 Å². The van der Waals surface area contributed by atoms with E-state index >= 15 is 0 Å². The summed E-state index contributed by atoms with van der Waals surface area (Å²) in [5, 5.41) is 4.83. The molecule has 1 N–H and O–H groups in total. The van der Waals surface area contributed by atoms with Gasteiger partial charge in [-0.15, -0.1) is 11.3 Å². The number of benzene rings is 1. The highest BCUT2D eigenvalue weighted by Crippen LogP contribution is 2.37. The number of halogens is 1. The van der Waals surface area contributed by atoms with Gasteiger partial charge >= 0.3 is 0 Å². The largest absolute Gasteiger partial charge is 0.352 e. The molecule has 24 heavy (non-hydrogen) atoms. The predicted octanol–water partition coefficient (Wildman–Crippen LogP) is 3.11. The van der Waals surface area contributed by atoms with Gasteiger partial charge < -0.3 is 10.2 Å². The van der Waals surface area contributed by atoms with Crippen molar-refractivity contribution in [2.75, 3.05) is 7.05 Å². The van der Waals surface area contributed by atoms with Crippen molar-refractivity contribution in [1.29, 1.82) is 0 Å². The van der Waals surface area contributed by atoms with Gasteiger partial charge in [-0.05, 0) is 35.6 Å². The maximum Gasteiger partial charge on any atom is 0.225 e. The van der Waals surface area contributed by atoms with E-state index in [0.29, 0.717) is 12.8 Å². The summed E-state index contributed by atoms with van der Waals surface area (Å²) in [5.41, 5.74) is 0.719. The van der Waals surface area contributed by atoms with Crippen molar-refractivity contribution >= 4 is 23.2 Å². The van der Waals surface area contributed by atoms with Crippen LogP contribution in [0.4, 0.5) is 4.39 Å². The van der Waals surface area contributed by atoms with Crippen LogP contribution in [0.1, 0.15) is 29.3 Å². The van der Waals surface area contributed by atoms with E-state index < -0.39 is 0 Å². The van der Waals surface area contributed by atoms with Gasteiger partial charge in [0.25, 0.3) is 0 Å². The minimum absolute atomic E-state index is 0.0579. The molecule has 0 bridgehead atoms. The molecule has 1 aliphatic heterocycles. The highest BCUT2D eigenvalue weighted by molar-refractivity contribution is 7.10. The third-order valence-corrected chi connectivity index (χ3v) is 5.33. The third-order valence-electron chi connectivity index (χ3n) is 4.39. The molecule has 0 unspecified atom stereocenters. The van der Waals surface area contributed by atoms with Crippen molar-refractivity contribution < 1.29 is 14.0 Å². The molecule has 6 heteroatoms. The summed E-state index contributed by atoms with van der Waals surface area (Å²) in [4.78, 5) is 27.4. The second-order valence-electron chi connectivity index (χ2n) is 5.96. The molecule has 1 saturated heterocycles. The van der Waals surface area contributed by atoms with Crippen molar-refractivity contribution in [3.8, 4) is 0 Å². The topological polar surface area (TPSA) is 49.4 Å². The second kappa shape index (κ2) is 7.13. The van der Waals surface area contributed by atoms with Crippen LogP contribution in [-0.4, -0.2) is 23.8 Å². The number of nitrogens with zero attached hydrogens (tertiary/aromatic N) is 1. The number of carbonyl (C=O) groups is 2. The van der Waals surface area contributed by atoms with Crippen molar-refractivity contribution in [3.05, 3.63) is 58.0 Å². The Morgan fingerprint density at radius 2 is 2.21 bits per heavy atom. The fourth-order valence-electron chi connectivity index (χ4n) is 3.13. The summed E-state index contributed by atoms with van der Waals surface area (Å²) < 4.78 is 13.2. The Hall–Kier alpha value is -2.21. The van der Waals surface area contributed by atoms with E-state index in [-0.39, 0.29) is 36.1 Å². The molecule has 1 aromatic heterocycles. The molecule has 1 aromatic carbocycles. The molecule has 0 radical (unpaired) electrons. The first kappa shape index (κ1) is 16.6. The quantitative estimate of drug-likeness (QED) is 0.925. The van der Waals surface area contributed by atoms with Crippen molar-refractivity contribution in [2.24, 2.45) is 5.92 Å². The first-order chi connectivity index (χ1) is 11.6. The normalized spacial score (nSPS) is 20.9. The molecule has 2 heterocycles. The molecule has 126 valence electrons. The number of likely N-dealkylation sites (tertiary alicyclic amines) is 1. The van der Waals surface area contributed by atoms with Gasteiger partial charge in [0.15, 0.2) is 0 Å². The predicted molar refractivity (Wildman–Crippen MR) is 90.8 cm³/mol. The zero-order valence-corrected chi connectivity index (χ0v) is 14.2. The number of carbonyl (C=O) groups excluding carboxylic acids is 2. The van der Waals surface area contributed by atoms with Gasteiger partial charge in [0.05, 0.1) is 12.0 Å². The zero-order valence-electron chi connectivity index (χ0n) is 13.4. The average Bonchev–Trinajstić information content (AvgIpc) is 3.09. The molecular formula is C18H19FN2O2S. The number of amides is 2. The Kier molecular flexibility index (Phi) is 4.94. The van der Waals surface area contributed by atoms with Crippen LogP contribution < -0.4 is 5.32 Å². The molecule has 0 saturated carbocycles. The summed E-state index contributed by atoms with van der Waals surface area (Å²) in [5.74, 6) is -0.652. The van der Waals surface area contributed by atoms with E-state index in [1.165, 1.54) is 12.1 Å². The Morgan fingerprint density at radius 3 is 2.92 bits per heavy atom. The van der Waals surface area contributed by atoms with Crippen LogP contribution in [-0.2, 0) is 16.1 Å². The van der Waals surface area contributed by atoms with E-state index in [1.807, 2.05) is 17.5 Å². The van der Waals surface area contributed by atoms with E-state index in [4.69, 9.17) is 0 Å². The van der Waals surface area contributed by atoms with Crippen LogP contribution in [0.5, 0.6) is 0 Å². The first-order valence-corrected chi connectivity index (χ1v) is 8.75. The van der Waals surface area contributed by atoms with Gasteiger partial charge in [-0.2, -0.15) is 0 Å². The molecule has 3 rings (SSSR count). The average molecular weight is 346 g/mol. The Morgan fingerprint density at radius 1 is 1.38 bits per heavy atom. The molecule has 1 aliphatic rings. The molecule has 0 spiro atoms. The van der Waals surface area contributed by atoms with Gasteiger partial charge in [0.2, 0.25) is 11.8 Å². The van der Waals surface area contributed by atoms with E-state index in [0.717, 1.165) is 10.4 Å². The van der Waals surface area contributed by atoms with E-state index in [2.05, 4.69) is 5.32 Å². The Labute approximate surface area is 144 Å². The number of thiophene rings is 1. The van der Waals surface area contributed by atoms with Crippen LogP contribution in [0.2, 0.25) is 0 Å². The summed E-state index contributed by atoms with van der Waals surface area (Å²) in [6, 6.07) is 9.83. The smallest absolute Gasteiger partial charge is 0.225 e. The lowest BCUT2D eigenvalue weighted by Gasteiger charge is -2.37. The fourth-order valence-corrected chi connectivity index (χ4v) is 4.06. The summed E-state index contributed by atoms with van der Waals surface area (Å²) in [6.07, 6.45) is 0.900. The maximum atomic E-state index is 13.2. The van der Waals surface area contributed by atoms with Gasteiger partial charge in [-0.1, -0.05) is 18.2 Å². The lowest BCUT2D eigenvalue weighted by atomic mass is 9.87. The van der Waals surface area contributed by atoms with E-state index in [9.17, 15) is 14.0 Å². The SMILES string of the molecule is CN1C(=O)CC[C@@H](C(=O)NCc2cccc(F)c2)[C@@H]1c1cccs1. The number of nitrogens with one attached hydrogen (secondary N) is 1. The van der Waals surface area contributed by atoms with Gasteiger partial charge in [-0.25, -0.2) is 4.39 Å². The molecular weight excluding hydrogens is 327 g/mol. The van der Waals surface area contributed by atoms with Crippen molar-refractivity contribution in [1.82, 2.24) is 10.2 Å². The minimum atomic E-state index is -0.318. The molecule has 2 amide bonds. The maximum absolute atomic E-state index is 13.2. The molecule has 2 aromatic rings. The van der Waals surface area contributed by atoms with Crippen LogP contribution in [0.3, 0.4) is 0 Å². The summed E-state index contributed by atoms with van der Waals surface area (Å²) >= 11 is 1.55. The number of rotatable bonds is 4. The van der Waals surface area contributed by atoms with Gasteiger partial charge in [0, 0.05) is 24.9 Å². The number of hydrogen-bond donors (Lipinski definition) is 1. The number of piperidine rings is 1. The van der Waals surface area contributed by atoms with Crippen LogP contribution in [0, 0.1) is 11.7 Å². The molecule has 2 atom stereocenters. The third kappa shape index (κ3) is 3.48. The Bertz CT molecular complexity index is 732. The second-order valence-corrected chi connectivity index (χ2v) is 6.94. The van der Waals surface area contributed by atoms with Crippen LogP contribution >= 0.6 is 11.3 Å². The lowest BCUT2D eigenvalue weighted by molar-refractivity contribution is -0.141. The minimum Gasteiger partial charge on any atom is -0.352 e. The monoisotopic (exact) mass is 346 g/mol. The standard InChI is InChI=1S/C18H19FN2O2S/c1-21-16(22)8-7-14(17(21)15-6-3-9-24-15)18(23)20-11-12-4-2-5-13(19)10-12/h2-6,9-10,14,17H,7-8,11H2,1H3,(H,20,23)/t14-,17-/m1/s1. The summed E-state index contributed by atoms with van der Waals surface area (Å²) in [6.45, 7) is 0.280. The van der Waals surface area contributed by atoms with Crippen LogP contribution in [0.25, 0.3) is 0 Å². The number of hydrogen-bond acceptors (Lipinski definition) is 3.